The van der Waals surface area contributed by atoms with Crippen molar-refractivity contribution in [1.82, 2.24) is 15.2 Å². The van der Waals surface area contributed by atoms with E-state index in [-0.39, 0.29) is 1.43 Å². The maximum Gasteiger partial charge on any atom is 0.0541 e. The molecule has 136 valence electrons. The molecule has 1 aliphatic heterocycles. The number of hydrogen-bond acceptors (Lipinski definition) is 4. The highest BCUT2D eigenvalue weighted by Gasteiger charge is 2.16. The number of aromatic nitrogens is 1. The number of nitrogens with zero attached hydrogens (tertiary/aromatic N) is 3. The van der Waals surface area contributed by atoms with Crippen molar-refractivity contribution in [3.63, 3.8) is 0 Å². The van der Waals surface area contributed by atoms with Crippen molar-refractivity contribution in [2.24, 2.45) is 0 Å². The average Bonchev–Trinajstić information content (AvgIpc) is 2.68. The molecule has 0 radical (unpaired) electrons. The van der Waals surface area contributed by atoms with Crippen molar-refractivity contribution in [3.8, 4) is 0 Å². The Morgan fingerprint density at radius 3 is 2.40 bits per heavy atom. The van der Waals surface area contributed by atoms with Crippen molar-refractivity contribution >= 4 is 5.69 Å². The normalized spacial score (nSPS) is 14.5. The van der Waals surface area contributed by atoms with Gasteiger partial charge in [0.25, 0.3) is 0 Å². The SMILES string of the molecule is C=CC.[HH].c1ccc(N2CCN(CCNCc3ccccn3)CC2)cc1. The Labute approximate surface area is 153 Å². The minimum Gasteiger partial charge on any atom is -0.369 e. The van der Waals surface area contributed by atoms with E-state index in [0.717, 1.165) is 51.5 Å². The molecule has 0 unspecified atom stereocenters. The van der Waals surface area contributed by atoms with Crippen LogP contribution >= 0.6 is 0 Å². The van der Waals surface area contributed by atoms with Crippen LogP contribution in [0.25, 0.3) is 0 Å². The molecule has 4 heteroatoms. The first-order chi connectivity index (χ1) is 12.3. The van der Waals surface area contributed by atoms with Gasteiger partial charge in [-0.2, -0.15) is 0 Å². The van der Waals surface area contributed by atoms with Gasteiger partial charge in [-0.3, -0.25) is 9.88 Å². The zero-order chi connectivity index (χ0) is 17.7. The summed E-state index contributed by atoms with van der Waals surface area (Å²) in [4.78, 5) is 9.33. The molecule has 2 heterocycles. The number of allylic oxidation sites excluding steroid dienone is 1. The Hall–Kier alpha value is -2.17. The molecule has 2 aromatic rings. The van der Waals surface area contributed by atoms with Crippen LogP contribution in [0.5, 0.6) is 0 Å². The molecule has 0 atom stereocenters. The fourth-order valence-corrected chi connectivity index (χ4v) is 2.82. The number of pyridine rings is 1. The minimum atomic E-state index is 0. The summed E-state index contributed by atoms with van der Waals surface area (Å²) in [6, 6.07) is 16.8. The van der Waals surface area contributed by atoms with Crippen LogP contribution < -0.4 is 10.2 Å². The highest BCUT2D eigenvalue weighted by Crippen LogP contribution is 2.15. The van der Waals surface area contributed by atoms with Crippen LogP contribution in [0.4, 0.5) is 5.69 Å². The Kier molecular flexibility index (Phi) is 8.73. The van der Waals surface area contributed by atoms with Crippen molar-refractivity contribution in [1.29, 1.82) is 0 Å². The van der Waals surface area contributed by atoms with Crippen LogP contribution in [0, 0.1) is 0 Å². The second kappa shape index (κ2) is 11.4. The van der Waals surface area contributed by atoms with Crippen molar-refractivity contribution in [2.45, 2.75) is 13.5 Å². The van der Waals surface area contributed by atoms with Crippen LogP contribution in [-0.4, -0.2) is 49.2 Å². The van der Waals surface area contributed by atoms with Gasteiger partial charge in [0.05, 0.1) is 5.69 Å². The first-order valence-corrected chi connectivity index (χ1v) is 9.03. The van der Waals surface area contributed by atoms with E-state index in [2.05, 4.69) is 63.1 Å². The predicted molar refractivity (Wildman–Crippen MR) is 109 cm³/mol. The van der Waals surface area contributed by atoms with Gasteiger partial charge in [0.2, 0.25) is 0 Å². The molecule has 0 amide bonds. The number of anilines is 1. The Bertz CT molecular complexity index is 583. The quantitative estimate of drug-likeness (QED) is 0.645. The van der Waals surface area contributed by atoms with Gasteiger partial charge in [-0.05, 0) is 31.2 Å². The van der Waals surface area contributed by atoms with E-state index in [4.69, 9.17) is 0 Å². The molecule has 1 aromatic carbocycles. The van der Waals surface area contributed by atoms with E-state index in [1.165, 1.54) is 5.69 Å². The van der Waals surface area contributed by atoms with Gasteiger partial charge in [0.1, 0.15) is 0 Å². The molecule has 0 saturated carbocycles. The molecule has 1 saturated heterocycles. The standard InChI is InChI=1S/C18H24N4.C3H6.H2/c1-2-7-18(8-3-1)22-14-12-21(13-15-22)11-10-19-16-17-6-4-5-9-20-17;1-3-2;/h1-9,19H,10-16H2;3H,1H2,2H3;1H. The summed E-state index contributed by atoms with van der Waals surface area (Å²) >= 11 is 0. The highest BCUT2D eigenvalue weighted by molar-refractivity contribution is 5.46. The van der Waals surface area contributed by atoms with E-state index in [9.17, 15) is 0 Å². The lowest BCUT2D eigenvalue weighted by molar-refractivity contribution is 0.257. The smallest absolute Gasteiger partial charge is 0.0541 e. The summed E-state index contributed by atoms with van der Waals surface area (Å²) in [5.41, 5.74) is 2.45. The number of benzene rings is 1. The number of para-hydroxylation sites is 1. The molecule has 1 fully saturated rings. The molecule has 1 aromatic heterocycles. The van der Waals surface area contributed by atoms with E-state index >= 15 is 0 Å². The summed E-state index contributed by atoms with van der Waals surface area (Å²) in [5, 5.41) is 3.47. The number of piperazine rings is 1. The first kappa shape index (κ1) is 19.2. The molecular formula is C21H32N4. The van der Waals surface area contributed by atoms with Gasteiger partial charge in [0.15, 0.2) is 0 Å². The minimum absolute atomic E-state index is 0. The van der Waals surface area contributed by atoms with Crippen LogP contribution in [0.1, 0.15) is 14.0 Å². The van der Waals surface area contributed by atoms with Gasteiger partial charge in [0, 0.05) is 59.1 Å². The number of hydrogen-bond donors (Lipinski definition) is 1. The Morgan fingerprint density at radius 1 is 1.08 bits per heavy atom. The third-order valence-corrected chi connectivity index (χ3v) is 4.13. The summed E-state index contributed by atoms with van der Waals surface area (Å²) in [6.45, 7) is 12.7. The first-order valence-electron chi connectivity index (χ1n) is 9.03. The maximum atomic E-state index is 4.32. The van der Waals surface area contributed by atoms with Crippen molar-refractivity contribution in [2.75, 3.05) is 44.2 Å². The average molecular weight is 341 g/mol. The summed E-state index contributed by atoms with van der Waals surface area (Å²) in [5.74, 6) is 0. The summed E-state index contributed by atoms with van der Waals surface area (Å²) in [6.07, 6.45) is 3.60. The van der Waals surface area contributed by atoms with Crippen LogP contribution in [0.2, 0.25) is 0 Å². The molecular weight excluding hydrogens is 308 g/mol. The predicted octanol–water partition coefficient (Wildman–Crippen LogP) is 3.43. The van der Waals surface area contributed by atoms with Gasteiger partial charge in [-0.15, -0.1) is 6.58 Å². The lowest BCUT2D eigenvalue weighted by Crippen LogP contribution is -2.48. The number of nitrogens with one attached hydrogen (secondary N) is 1. The van der Waals surface area contributed by atoms with E-state index in [0.29, 0.717) is 0 Å². The largest absolute Gasteiger partial charge is 0.369 e. The highest BCUT2D eigenvalue weighted by atomic mass is 15.3. The lowest BCUT2D eigenvalue weighted by atomic mass is 10.2. The molecule has 0 spiro atoms. The molecule has 1 aliphatic rings. The maximum absolute atomic E-state index is 4.32. The van der Waals surface area contributed by atoms with E-state index < -0.39 is 0 Å². The third-order valence-electron chi connectivity index (χ3n) is 4.13. The summed E-state index contributed by atoms with van der Waals surface area (Å²) in [7, 11) is 0. The summed E-state index contributed by atoms with van der Waals surface area (Å²) < 4.78 is 0. The third kappa shape index (κ3) is 7.08. The molecule has 1 N–H and O–H groups in total. The lowest BCUT2D eigenvalue weighted by Gasteiger charge is -2.36. The molecule has 3 rings (SSSR count). The molecule has 4 nitrogen and oxygen atoms in total. The van der Waals surface area contributed by atoms with Gasteiger partial charge in [-0.25, -0.2) is 0 Å². The van der Waals surface area contributed by atoms with Crippen LogP contribution in [0.3, 0.4) is 0 Å². The molecule has 0 aliphatic carbocycles. The second-order valence-corrected chi connectivity index (χ2v) is 6.07. The topological polar surface area (TPSA) is 31.4 Å². The number of rotatable bonds is 6. The van der Waals surface area contributed by atoms with Gasteiger partial charge < -0.3 is 10.2 Å². The monoisotopic (exact) mass is 340 g/mol. The Balaban J connectivity index is 0.000000791. The Morgan fingerprint density at radius 2 is 1.76 bits per heavy atom. The van der Waals surface area contributed by atoms with E-state index in [1.807, 2.05) is 25.3 Å². The van der Waals surface area contributed by atoms with Crippen molar-refractivity contribution in [3.05, 3.63) is 73.1 Å². The fraction of sp³-hybridized carbons (Fsp3) is 0.381. The van der Waals surface area contributed by atoms with Crippen LogP contribution in [0.15, 0.2) is 67.4 Å². The van der Waals surface area contributed by atoms with E-state index in [1.54, 1.807) is 6.08 Å². The zero-order valence-electron chi connectivity index (χ0n) is 15.3. The molecule has 0 bridgehead atoms. The van der Waals surface area contributed by atoms with Crippen molar-refractivity contribution < 1.29 is 1.43 Å². The molecule has 25 heavy (non-hydrogen) atoms. The van der Waals surface area contributed by atoms with Crippen LogP contribution in [-0.2, 0) is 6.54 Å². The van der Waals surface area contributed by atoms with Gasteiger partial charge in [-0.1, -0.05) is 30.3 Å². The second-order valence-electron chi connectivity index (χ2n) is 6.07. The zero-order valence-corrected chi connectivity index (χ0v) is 15.3. The van der Waals surface area contributed by atoms with Gasteiger partial charge >= 0.3 is 0 Å². The fourth-order valence-electron chi connectivity index (χ4n) is 2.82.